The first-order valence-electron chi connectivity index (χ1n) is 9.23. The van der Waals surface area contributed by atoms with Crippen LogP contribution in [-0.4, -0.2) is 57.7 Å². The van der Waals surface area contributed by atoms with Gasteiger partial charge in [0.25, 0.3) is 0 Å². The molecule has 0 atom stereocenters. The van der Waals surface area contributed by atoms with E-state index in [1.807, 2.05) is 32.0 Å². The molecule has 27 heavy (non-hydrogen) atoms. The van der Waals surface area contributed by atoms with Crippen molar-refractivity contribution in [3.8, 4) is 0 Å². The lowest BCUT2D eigenvalue weighted by Gasteiger charge is -2.24. The summed E-state index contributed by atoms with van der Waals surface area (Å²) in [6.07, 6.45) is 1.98. The van der Waals surface area contributed by atoms with E-state index < -0.39 is 10.0 Å². The van der Waals surface area contributed by atoms with Gasteiger partial charge in [0, 0.05) is 31.6 Å². The predicted octanol–water partition coefficient (Wildman–Crippen LogP) is 2.81. The maximum atomic E-state index is 11.6. The Morgan fingerprint density at radius 1 is 1.15 bits per heavy atom. The molecule has 1 aromatic rings. The topological polar surface area (TPSA) is 73.8 Å². The number of hydrogen-bond acceptors (Lipinski definition) is 3. The highest BCUT2D eigenvalue weighted by Gasteiger charge is 2.20. The van der Waals surface area contributed by atoms with Gasteiger partial charge in [0.1, 0.15) is 0 Å². The Balaban J connectivity index is 0.00000676. The van der Waals surface area contributed by atoms with E-state index in [-0.39, 0.29) is 29.4 Å². The molecule has 0 aliphatic rings. The van der Waals surface area contributed by atoms with Gasteiger partial charge in [-0.2, -0.15) is 0 Å². The van der Waals surface area contributed by atoms with Gasteiger partial charge in [-0.1, -0.05) is 51.1 Å². The minimum absolute atomic E-state index is 0. The summed E-state index contributed by atoms with van der Waals surface area (Å²) in [6, 6.07) is 10.4. The van der Waals surface area contributed by atoms with Crippen LogP contribution in [0, 0.1) is 0 Å². The molecule has 0 heterocycles. The number of guanidine groups is 1. The van der Waals surface area contributed by atoms with Crippen molar-refractivity contribution in [2.24, 2.45) is 4.99 Å². The zero-order valence-corrected chi connectivity index (χ0v) is 20.3. The summed E-state index contributed by atoms with van der Waals surface area (Å²) in [6.45, 7) is 11.4. The van der Waals surface area contributed by atoms with Crippen molar-refractivity contribution in [2.45, 2.75) is 39.5 Å². The van der Waals surface area contributed by atoms with Gasteiger partial charge in [-0.05, 0) is 18.9 Å². The molecule has 0 unspecified atom stereocenters. The second-order valence-corrected chi connectivity index (χ2v) is 8.96. The Bertz CT molecular complexity index is 664. The molecule has 0 spiro atoms. The summed E-state index contributed by atoms with van der Waals surface area (Å²) in [4.78, 5) is 4.71. The molecular formula is C19H35IN4O2S. The van der Waals surface area contributed by atoms with Gasteiger partial charge in [-0.25, -0.2) is 12.7 Å². The summed E-state index contributed by atoms with van der Waals surface area (Å²) in [5, 5.41) is 6.54. The Labute approximate surface area is 182 Å². The quantitative estimate of drug-likeness (QED) is 0.220. The van der Waals surface area contributed by atoms with Crippen molar-refractivity contribution in [1.29, 1.82) is 0 Å². The smallest absolute Gasteiger partial charge is 0.211 e. The maximum absolute atomic E-state index is 11.6. The molecule has 0 radical (unpaired) electrons. The zero-order valence-electron chi connectivity index (χ0n) is 17.2. The highest BCUT2D eigenvalue weighted by molar-refractivity contribution is 14.0. The van der Waals surface area contributed by atoms with Crippen LogP contribution in [0.1, 0.15) is 39.7 Å². The van der Waals surface area contributed by atoms with Gasteiger partial charge in [0.2, 0.25) is 10.0 Å². The molecule has 1 aromatic carbocycles. The molecule has 0 fully saturated rings. The van der Waals surface area contributed by atoms with Crippen LogP contribution in [0.25, 0.3) is 0 Å². The molecule has 0 saturated carbocycles. The van der Waals surface area contributed by atoms with Crippen molar-refractivity contribution < 1.29 is 8.42 Å². The van der Waals surface area contributed by atoms with Crippen LogP contribution in [-0.2, 0) is 15.4 Å². The van der Waals surface area contributed by atoms with Crippen molar-refractivity contribution in [3.05, 3.63) is 35.9 Å². The van der Waals surface area contributed by atoms with Crippen molar-refractivity contribution >= 4 is 40.0 Å². The van der Waals surface area contributed by atoms with Crippen LogP contribution in [0.2, 0.25) is 0 Å². The van der Waals surface area contributed by atoms with E-state index in [2.05, 4.69) is 36.6 Å². The number of nitrogens with zero attached hydrogens (tertiary/aromatic N) is 2. The Morgan fingerprint density at radius 2 is 1.78 bits per heavy atom. The molecule has 0 aliphatic heterocycles. The molecule has 0 saturated heterocycles. The number of hydrogen-bond donors (Lipinski definition) is 2. The average Bonchev–Trinajstić information content (AvgIpc) is 2.59. The van der Waals surface area contributed by atoms with Gasteiger partial charge < -0.3 is 10.6 Å². The molecule has 0 aromatic heterocycles. The van der Waals surface area contributed by atoms with Crippen molar-refractivity contribution in [1.82, 2.24) is 14.9 Å². The number of benzene rings is 1. The first kappa shape index (κ1) is 26.1. The normalized spacial score (nSPS) is 12.6. The standard InChI is InChI=1S/C19H34N4O2S.HI/c1-6-20-18(21-14-11-15-23(7-2)26(5,24)25)22-16-19(3,4)17-12-9-8-10-13-17;/h8-10,12-13H,6-7,11,14-16H2,1-5H3,(H2,20,21,22);1H. The fraction of sp³-hybridized carbons (Fsp3) is 0.632. The van der Waals surface area contributed by atoms with Crippen LogP contribution in [0.15, 0.2) is 35.3 Å². The van der Waals surface area contributed by atoms with E-state index in [0.29, 0.717) is 26.2 Å². The molecule has 0 amide bonds. The number of rotatable bonds is 10. The summed E-state index contributed by atoms with van der Waals surface area (Å²) in [5.41, 5.74) is 1.20. The summed E-state index contributed by atoms with van der Waals surface area (Å²) < 4.78 is 24.7. The van der Waals surface area contributed by atoms with E-state index in [0.717, 1.165) is 18.9 Å². The fourth-order valence-electron chi connectivity index (χ4n) is 2.62. The highest BCUT2D eigenvalue weighted by atomic mass is 127. The summed E-state index contributed by atoms with van der Waals surface area (Å²) in [5.74, 6) is 0.763. The van der Waals surface area contributed by atoms with Crippen LogP contribution in [0.5, 0.6) is 0 Å². The van der Waals surface area contributed by atoms with Crippen LogP contribution in [0.4, 0.5) is 0 Å². The van der Waals surface area contributed by atoms with E-state index >= 15 is 0 Å². The van der Waals surface area contributed by atoms with Gasteiger partial charge in [-0.15, -0.1) is 24.0 Å². The third-order valence-electron chi connectivity index (χ3n) is 4.23. The van der Waals surface area contributed by atoms with Gasteiger partial charge in [0.05, 0.1) is 12.8 Å². The molecule has 2 N–H and O–H groups in total. The van der Waals surface area contributed by atoms with Gasteiger partial charge >= 0.3 is 0 Å². The zero-order chi connectivity index (χ0) is 19.6. The highest BCUT2D eigenvalue weighted by Crippen LogP contribution is 2.22. The molecule has 6 nitrogen and oxygen atoms in total. The molecular weight excluding hydrogens is 475 g/mol. The summed E-state index contributed by atoms with van der Waals surface area (Å²) in [7, 11) is -3.13. The summed E-state index contributed by atoms with van der Waals surface area (Å²) >= 11 is 0. The lowest BCUT2D eigenvalue weighted by Crippen LogP contribution is -2.40. The van der Waals surface area contributed by atoms with E-state index in [4.69, 9.17) is 4.99 Å². The van der Waals surface area contributed by atoms with Crippen LogP contribution >= 0.6 is 24.0 Å². The van der Waals surface area contributed by atoms with E-state index in [9.17, 15) is 8.42 Å². The minimum Gasteiger partial charge on any atom is -0.357 e. The molecule has 8 heteroatoms. The Hall–Kier alpha value is -0.870. The lowest BCUT2D eigenvalue weighted by atomic mass is 9.85. The third kappa shape index (κ3) is 9.75. The Morgan fingerprint density at radius 3 is 2.30 bits per heavy atom. The predicted molar refractivity (Wildman–Crippen MR) is 126 cm³/mol. The second-order valence-electron chi connectivity index (χ2n) is 6.98. The molecule has 0 bridgehead atoms. The molecule has 156 valence electrons. The van der Waals surface area contributed by atoms with E-state index in [1.165, 1.54) is 16.1 Å². The molecule has 1 rings (SSSR count). The second kappa shape index (κ2) is 12.6. The van der Waals surface area contributed by atoms with Gasteiger partial charge in [-0.3, -0.25) is 4.99 Å². The Kier molecular flexibility index (Phi) is 12.2. The van der Waals surface area contributed by atoms with E-state index in [1.54, 1.807) is 0 Å². The van der Waals surface area contributed by atoms with Crippen molar-refractivity contribution in [3.63, 3.8) is 0 Å². The fourth-order valence-corrected chi connectivity index (χ4v) is 3.55. The monoisotopic (exact) mass is 510 g/mol. The first-order chi connectivity index (χ1) is 12.2. The molecule has 0 aliphatic carbocycles. The lowest BCUT2D eigenvalue weighted by molar-refractivity contribution is 0.424. The van der Waals surface area contributed by atoms with Crippen molar-refractivity contribution in [2.75, 3.05) is 39.0 Å². The third-order valence-corrected chi connectivity index (χ3v) is 5.61. The number of nitrogens with one attached hydrogen (secondary N) is 2. The SMILES string of the molecule is CCNC(=NCC(C)(C)c1ccccc1)NCCCN(CC)S(C)(=O)=O.I. The van der Waals surface area contributed by atoms with Crippen LogP contribution < -0.4 is 10.6 Å². The maximum Gasteiger partial charge on any atom is 0.211 e. The largest absolute Gasteiger partial charge is 0.357 e. The minimum atomic E-state index is -3.13. The number of halogens is 1. The van der Waals surface area contributed by atoms with Crippen LogP contribution in [0.3, 0.4) is 0 Å². The number of sulfonamides is 1. The number of aliphatic imine (C=N–C) groups is 1. The first-order valence-corrected chi connectivity index (χ1v) is 11.1. The van der Waals surface area contributed by atoms with Gasteiger partial charge in [0.15, 0.2) is 5.96 Å². The average molecular weight is 510 g/mol.